The smallest absolute Gasteiger partial charge is 0.106 e. The summed E-state index contributed by atoms with van der Waals surface area (Å²) in [4.78, 5) is 4.24. The van der Waals surface area contributed by atoms with Gasteiger partial charge in [-0.15, -0.1) is 0 Å². The number of halogens is 1. The van der Waals surface area contributed by atoms with Crippen LogP contribution in [0.4, 0.5) is 5.69 Å². The lowest BCUT2D eigenvalue weighted by molar-refractivity contribution is 0.610. The van der Waals surface area contributed by atoms with Crippen molar-refractivity contribution in [2.24, 2.45) is 0 Å². The van der Waals surface area contributed by atoms with E-state index in [1.165, 1.54) is 17.5 Å². The van der Waals surface area contributed by atoms with Crippen molar-refractivity contribution in [1.29, 1.82) is 0 Å². The van der Waals surface area contributed by atoms with E-state index < -0.39 is 0 Å². The summed E-state index contributed by atoms with van der Waals surface area (Å²) in [5.41, 5.74) is 4.08. The Hall–Kier alpha value is -1.35. The van der Waals surface area contributed by atoms with Crippen molar-refractivity contribution in [3.63, 3.8) is 0 Å². The number of nitrogens with one attached hydrogen (secondary N) is 1. The number of aryl methyl sites for hydroxylation is 1. The van der Waals surface area contributed by atoms with Crippen LogP contribution in [0.5, 0.6) is 0 Å². The molecule has 1 heterocycles. The van der Waals surface area contributed by atoms with Crippen molar-refractivity contribution in [3.8, 4) is 0 Å². The highest BCUT2D eigenvalue weighted by molar-refractivity contribution is 9.10. The van der Waals surface area contributed by atoms with Gasteiger partial charge in [0.1, 0.15) is 4.60 Å². The molecule has 0 fully saturated rings. The van der Waals surface area contributed by atoms with Crippen molar-refractivity contribution >= 4 is 21.6 Å². The maximum atomic E-state index is 4.24. The third-order valence-corrected chi connectivity index (χ3v) is 3.91. The molecule has 0 amide bonds. The van der Waals surface area contributed by atoms with Crippen LogP contribution in [0, 0.1) is 0 Å². The molecule has 1 aliphatic rings. The van der Waals surface area contributed by atoms with Crippen LogP contribution < -0.4 is 5.32 Å². The van der Waals surface area contributed by atoms with Crippen LogP contribution in [0.3, 0.4) is 0 Å². The van der Waals surface area contributed by atoms with Crippen LogP contribution in [-0.2, 0) is 12.8 Å². The monoisotopic (exact) mass is 302 g/mol. The Morgan fingerprint density at radius 3 is 2.72 bits per heavy atom. The first kappa shape index (κ1) is 11.7. The highest BCUT2D eigenvalue weighted by Crippen LogP contribution is 2.23. The molecule has 2 nitrogen and oxygen atoms in total. The van der Waals surface area contributed by atoms with Crippen LogP contribution in [0.15, 0.2) is 47.2 Å². The molecule has 1 atom stereocenters. The van der Waals surface area contributed by atoms with Crippen molar-refractivity contribution in [3.05, 3.63) is 58.3 Å². The van der Waals surface area contributed by atoms with Gasteiger partial charge in [-0.1, -0.05) is 24.3 Å². The van der Waals surface area contributed by atoms with E-state index in [-0.39, 0.29) is 0 Å². The molecule has 18 heavy (non-hydrogen) atoms. The van der Waals surface area contributed by atoms with Crippen molar-refractivity contribution < 1.29 is 0 Å². The molecule has 1 aliphatic carbocycles. The van der Waals surface area contributed by atoms with E-state index in [1.54, 1.807) is 0 Å². The minimum Gasteiger partial charge on any atom is -0.381 e. The van der Waals surface area contributed by atoms with Gasteiger partial charge in [-0.3, -0.25) is 0 Å². The van der Waals surface area contributed by atoms with Gasteiger partial charge in [-0.25, -0.2) is 4.98 Å². The number of aromatic nitrogens is 1. The number of benzene rings is 1. The van der Waals surface area contributed by atoms with Gasteiger partial charge in [-0.2, -0.15) is 0 Å². The highest BCUT2D eigenvalue weighted by atomic mass is 79.9. The molecule has 3 rings (SSSR count). The lowest BCUT2D eigenvalue weighted by Crippen LogP contribution is -2.27. The molecule has 1 N–H and O–H groups in total. The summed E-state index contributed by atoms with van der Waals surface area (Å²) in [6, 6.07) is 13.3. The molecule has 0 bridgehead atoms. The maximum absolute atomic E-state index is 4.24. The Morgan fingerprint density at radius 2 is 1.94 bits per heavy atom. The summed E-state index contributed by atoms with van der Waals surface area (Å²) >= 11 is 3.35. The molecule has 1 aromatic carbocycles. The van der Waals surface area contributed by atoms with Crippen molar-refractivity contribution in [2.75, 3.05) is 5.32 Å². The fourth-order valence-electron chi connectivity index (χ4n) is 2.52. The highest BCUT2D eigenvalue weighted by Gasteiger charge is 2.17. The standard InChI is InChI=1S/C15H15BrN2/c16-15-8-7-14(10-17-15)18-13-6-5-11-3-1-2-4-12(11)9-13/h1-4,7-8,10,13,18H,5-6,9H2. The molecule has 2 aromatic rings. The first-order valence-electron chi connectivity index (χ1n) is 6.26. The van der Waals surface area contributed by atoms with Gasteiger partial charge in [0.25, 0.3) is 0 Å². The number of hydrogen-bond acceptors (Lipinski definition) is 2. The average Bonchev–Trinajstić information content (AvgIpc) is 2.41. The quantitative estimate of drug-likeness (QED) is 0.853. The van der Waals surface area contributed by atoms with Crippen molar-refractivity contribution in [2.45, 2.75) is 25.3 Å². The van der Waals surface area contributed by atoms with Crippen LogP contribution in [0.1, 0.15) is 17.5 Å². The second-order valence-electron chi connectivity index (χ2n) is 4.72. The summed E-state index contributed by atoms with van der Waals surface area (Å²) < 4.78 is 0.877. The van der Waals surface area contributed by atoms with E-state index in [2.05, 4.69) is 56.6 Å². The van der Waals surface area contributed by atoms with E-state index in [0.29, 0.717) is 6.04 Å². The third-order valence-electron chi connectivity index (χ3n) is 3.45. The largest absolute Gasteiger partial charge is 0.381 e. The molecule has 0 saturated carbocycles. The zero-order valence-corrected chi connectivity index (χ0v) is 11.7. The van der Waals surface area contributed by atoms with Gasteiger partial charge in [-0.05, 0) is 58.5 Å². The number of fused-ring (bicyclic) bond motifs is 1. The fourth-order valence-corrected chi connectivity index (χ4v) is 2.75. The normalized spacial score (nSPS) is 18.2. The molecule has 0 spiro atoms. The molecule has 3 heteroatoms. The number of hydrogen-bond donors (Lipinski definition) is 1. The van der Waals surface area contributed by atoms with Crippen molar-refractivity contribution in [1.82, 2.24) is 4.98 Å². The van der Waals surface area contributed by atoms with E-state index in [9.17, 15) is 0 Å². The topological polar surface area (TPSA) is 24.9 Å². The summed E-state index contributed by atoms with van der Waals surface area (Å²) in [7, 11) is 0. The van der Waals surface area contributed by atoms with Crippen LogP contribution in [0.25, 0.3) is 0 Å². The fraction of sp³-hybridized carbons (Fsp3) is 0.267. The molecule has 0 radical (unpaired) electrons. The maximum Gasteiger partial charge on any atom is 0.106 e. The predicted molar refractivity (Wildman–Crippen MR) is 77.8 cm³/mol. The number of pyridine rings is 1. The van der Waals surface area contributed by atoms with E-state index in [4.69, 9.17) is 0 Å². The Kier molecular flexibility index (Phi) is 3.33. The molecule has 0 aliphatic heterocycles. The minimum absolute atomic E-state index is 0.517. The molecule has 0 saturated heterocycles. The molecule has 1 aromatic heterocycles. The molecule has 1 unspecified atom stereocenters. The zero-order chi connectivity index (χ0) is 12.4. The summed E-state index contributed by atoms with van der Waals surface area (Å²) in [6.07, 6.45) is 5.34. The van der Waals surface area contributed by atoms with Gasteiger partial charge in [0.2, 0.25) is 0 Å². The lowest BCUT2D eigenvalue weighted by Gasteiger charge is -2.26. The average molecular weight is 303 g/mol. The minimum atomic E-state index is 0.517. The summed E-state index contributed by atoms with van der Waals surface area (Å²) in [5.74, 6) is 0. The summed E-state index contributed by atoms with van der Waals surface area (Å²) in [6.45, 7) is 0. The van der Waals surface area contributed by atoms with E-state index in [1.807, 2.05) is 12.3 Å². The van der Waals surface area contributed by atoms with Crippen LogP contribution in [0.2, 0.25) is 0 Å². The predicted octanol–water partition coefficient (Wildman–Crippen LogP) is 3.81. The van der Waals surface area contributed by atoms with Gasteiger partial charge in [0, 0.05) is 6.04 Å². The Labute approximate surface area is 116 Å². The SMILES string of the molecule is Brc1ccc(NC2CCc3ccccc3C2)cn1. The second-order valence-corrected chi connectivity index (χ2v) is 5.53. The summed E-state index contributed by atoms with van der Waals surface area (Å²) in [5, 5.41) is 3.57. The molecular weight excluding hydrogens is 288 g/mol. The first-order valence-corrected chi connectivity index (χ1v) is 7.05. The second kappa shape index (κ2) is 5.11. The van der Waals surface area contributed by atoms with Gasteiger partial charge in [0.15, 0.2) is 0 Å². The molecular formula is C15H15BrN2. The molecule has 92 valence electrons. The van der Waals surface area contributed by atoms with Gasteiger partial charge in [0.05, 0.1) is 11.9 Å². The van der Waals surface area contributed by atoms with Crippen LogP contribution in [-0.4, -0.2) is 11.0 Å². The Bertz CT molecular complexity index is 536. The van der Waals surface area contributed by atoms with Gasteiger partial charge >= 0.3 is 0 Å². The number of nitrogens with zero attached hydrogens (tertiary/aromatic N) is 1. The first-order chi connectivity index (χ1) is 8.81. The van der Waals surface area contributed by atoms with E-state index >= 15 is 0 Å². The Morgan fingerprint density at radius 1 is 1.11 bits per heavy atom. The zero-order valence-electron chi connectivity index (χ0n) is 10.1. The lowest BCUT2D eigenvalue weighted by atomic mass is 9.88. The number of anilines is 1. The van der Waals surface area contributed by atoms with Gasteiger partial charge < -0.3 is 5.32 Å². The van der Waals surface area contributed by atoms with Crippen LogP contribution >= 0.6 is 15.9 Å². The van der Waals surface area contributed by atoms with E-state index in [0.717, 1.165) is 23.1 Å². The Balaban J connectivity index is 1.71. The number of rotatable bonds is 2. The third kappa shape index (κ3) is 2.56.